The molecule has 0 bridgehead atoms. The van der Waals surface area contributed by atoms with E-state index in [1.54, 1.807) is 22.2 Å². The molecule has 2 aromatic heterocycles. The summed E-state index contributed by atoms with van der Waals surface area (Å²) in [4.78, 5) is 1.15. The molecule has 2 heterocycles. The second kappa shape index (κ2) is 3.89. The van der Waals surface area contributed by atoms with Gasteiger partial charge in [-0.15, -0.1) is 21.5 Å². The zero-order valence-corrected chi connectivity index (χ0v) is 8.61. The van der Waals surface area contributed by atoms with Crippen molar-refractivity contribution < 1.29 is 5.11 Å². The number of aliphatic hydroxyl groups is 1. The number of hydrogen-bond acceptors (Lipinski definition) is 4. The number of hydrogen-bond donors (Lipinski definition) is 1. The van der Waals surface area contributed by atoms with E-state index in [9.17, 15) is 5.11 Å². The zero-order chi connectivity index (χ0) is 9.97. The molecule has 2 rings (SSSR count). The minimum Gasteiger partial charge on any atom is -0.385 e. The summed E-state index contributed by atoms with van der Waals surface area (Å²) in [5, 5.41) is 19.4. The van der Waals surface area contributed by atoms with E-state index in [2.05, 4.69) is 10.2 Å². The van der Waals surface area contributed by atoms with Crippen LogP contribution in [0.2, 0.25) is 0 Å². The Morgan fingerprint density at radius 3 is 3.07 bits per heavy atom. The van der Waals surface area contributed by atoms with Crippen molar-refractivity contribution in [2.24, 2.45) is 7.05 Å². The first-order chi connectivity index (χ1) is 6.77. The minimum absolute atomic E-state index is 0.568. The highest BCUT2D eigenvalue weighted by Crippen LogP contribution is 2.18. The normalized spacial score (nSPS) is 13.0. The average molecular weight is 209 g/mol. The molecular weight excluding hydrogens is 198 g/mol. The standard InChI is InChI=1S/C9H11N3OS/c1-12-6-10-11-9(12)8(13)5-7-3-2-4-14-7/h2-4,6,8,13H,5H2,1H3. The van der Waals surface area contributed by atoms with E-state index >= 15 is 0 Å². The van der Waals surface area contributed by atoms with Crippen molar-refractivity contribution in [3.8, 4) is 0 Å². The highest BCUT2D eigenvalue weighted by Gasteiger charge is 2.14. The Hall–Kier alpha value is -1.20. The highest BCUT2D eigenvalue weighted by atomic mass is 32.1. The van der Waals surface area contributed by atoms with Gasteiger partial charge in [0.25, 0.3) is 0 Å². The second-order valence-electron chi connectivity index (χ2n) is 3.10. The third-order valence-electron chi connectivity index (χ3n) is 2.02. The van der Waals surface area contributed by atoms with Crippen LogP contribution in [0.4, 0.5) is 0 Å². The van der Waals surface area contributed by atoms with Crippen LogP contribution >= 0.6 is 11.3 Å². The summed E-state index contributed by atoms with van der Waals surface area (Å²) in [5.41, 5.74) is 0. The summed E-state index contributed by atoms with van der Waals surface area (Å²) in [6, 6.07) is 3.98. The van der Waals surface area contributed by atoms with Crippen molar-refractivity contribution in [3.05, 3.63) is 34.5 Å². The lowest BCUT2D eigenvalue weighted by molar-refractivity contribution is 0.165. The third-order valence-corrected chi connectivity index (χ3v) is 2.92. The molecule has 14 heavy (non-hydrogen) atoms. The summed E-state index contributed by atoms with van der Waals surface area (Å²) in [6.07, 6.45) is 1.62. The average Bonchev–Trinajstić information content (AvgIpc) is 2.75. The van der Waals surface area contributed by atoms with Crippen molar-refractivity contribution in [1.29, 1.82) is 0 Å². The van der Waals surface area contributed by atoms with Gasteiger partial charge in [0.1, 0.15) is 12.4 Å². The molecule has 1 N–H and O–H groups in total. The highest BCUT2D eigenvalue weighted by molar-refractivity contribution is 7.09. The summed E-state index contributed by atoms with van der Waals surface area (Å²) in [5.74, 6) is 0.610. The van der Waals surface area contributed by atoms with Gasteiger partial charge in [-0.3, -0.25) is 0 Å². The van der Waals surface area contributed by atoms with E-state index in [-0.39, 0.29) is 0 Å². The molecule has 4 nitrogen and oxygen atoms in total. The van der Waals surface area contributed by atoms with Crippen LogP contribution in [0, 0.1) is 0 Å². The van der Waals surface area contributed by atoms with E-state index in [1.807, 2.05) is 24.6 Å². The Balaban J connectivity index is 2.10. The van der Waals surface area contributed by atoms with Gasteiger partial charge in [0.2, 0.25) is 0 Å². The van der Waals surface area contributed by atoms with Gasteiger partial charge in [0.05, 0.1) is 0 Å². The molecule has 0 aliphatic rings. The van der Waals surface area contributed by atoms with Gasteiger partial charge < -0.3 is 9.67 Å². The summed E-state index contributed by atoms with van der Waals surface area (Å²) in [7, 11) is 1.83. The Kier molecular flexibility index (Phi) is 2.60. The topological polar surface area (TPSA) is 50.9 Å². The number of aromatic nitrogens is 3. The third kappa shape index (κ3) is 1.83. The van der Waals surface area contributed by atoms with Gasteiger partial charge in [-0.1, -0.05) is 6.07 Å². The Morgan fingerprint density at radius 2 is 2.50 bits per heavy atom. The molecule has 0 saturated carbocycles. The Bertz CT molecular complexity index is 396. The molecule has 2 aromatic rings. The van der Waals surface area contributed by atoms with E-state index in [0.29, 0.717) is 12.2 Å². The first-order valence-corrected chi connectivity index (χ1v) is 5.19. The molecule has 0 aliphatic carbocycles. The molecule has 0 amide bonds. The Labute approximate surface area is 85.8 Å². The lowest BCUT2D eigenvalue weighted by Gasteiger charge is -2.07. The first-order valence-electron chi connectivity index (χ1n) is 4.31. The zero-order valence-electron chi connectivity index (χ0n) is 7.79. The maximum Gasteiger partial charge on any atom is 0.161 e. The minimum atomic E-state index is -0.568. The van der Waals surface area contributed by atoms with Crippen LogP contribution in [0.5, 0.6) is 0 Å². The number of nitrogens with zero attached hydrogens (tertiary/aromatic N) is 3. The molecule has 0 radical (unpaired) electrons. The lowest BCUT2D eigenvalue weighted by Crippen LogP contribution is -2.07. The predicted octanol–water partition coefficient (Wildman–Crippen LogP) is 1.15. The number of rotatable bonds is 3. The fourth-order valence-corrected chi connectivity index (χ4v) is 2.05. The molecule has 0 saturated heterocycles. The summed E-state index contributed by atoms with van der Waals surface area (Å²) in [6.45, 7) is 0. The van der Waals surface area contributed by atoms with Gasteiger partial charge >= 0.3 is 0 Å². The van der Waals surface area contributed by atoms with Crippen LogP contribution in [0.3, 0.4) is 0 Å². The summed E-state index contributed by atoms with van der Waals surface area (Å²) < 4.78 is 1.73. The fraction of sp³-hybridized carbons (Fsp3) is 0.333. The van der Waals surface area contributed by atoms with Crippen molar-refractivity contribution >= 4 is 11.3 Å². The SMILES string of the molecule is Cn1cnnc1C(O)Cc1cccs1. The van der Waals surface area contributed by atoms with Crippen LogP contribution in [0.25, 0.3) is 0 Å². The first kappa shape index (κ1) is 9.36. The monoisotopic (exact) mass is 209 g/mol. The van der Waals surface area contributed by atoms with Crippen molar-refractivity contribution in [2.45, 2.75) is 12.5 Å². The molecule has 0 fully saturated rings. The number of aryl methyl sites for hydroxylation is 1. The molecule has 0 spiro atoms. The smallest absolute Gasteiger partial charge is 0.161 e. The van der Waals surface area contributed by atoms with Gasteiger partial charge in [-0.2, -0.15) is 0 Å². The van der Waals surface area contributed by atoms with E-state index in [4.69, 9.17) is 0 Å². The quantitative estimate of drug-likeness (QED) is 0.825. The van der Waals surface area contributed by atoms with Crippen molar-refractivity contribution in [2.75, 3.05) is 0 Å². The van der Waals surface area contributed by atoms with Gasteiger partial charge in [-0.05, 0) is 11.4 Å². The lowest BCUT2D eigenvalue weighted by atomic mass is 10.2. The van der Waals surface area contributed by atoms with Crippen LogP contribution < -0.4 is 0 Å². The van der Waals surface area contributed by atoms with Crippen LogP contribution in [0.15, 0.2) is 23.8 Å². The van der Waals surface area contributed by atoms with Crippen LogP contribution in [-0.4, -0.2) is 19.9 Å². The molecule has 1 atom stereocenters. The van der Waals surface area contributed by atoms with Gasteiger partial charge in [-0.25, -0.2) is 0 Å². The largest absolute Gasteiger partial charge is 0.385 e. The van der Waals surface area contributed by atoms with E-state index < -0.39 is 6.10 Å². The van der Waals surface area contributed by atoms with Crippen LogP contribution in [-0.2, 0) is 13.5 Å². The molecular formula is C9H11N3OS. The van der Waals surface area contributed by atoms with Crippen molar-refractivity contribution in [3.63, 3.8) is 0 Å². The Morgan fingerprint density at radius 1 is 1.64 bits per heavy atom. The molecule has 0 aromatic carbocycles. The summed E-state index contributed by atoms with van der Waals surface area (Å²) >= 11 is 1.64. The second-order valence-corrected chi connectivity index (χ2v) is 4.13. The van der Waals surface area contributed by atoms with Crippen molar-refractivity contribution in [1.82, 2.24) is 14.8 Å². The molecule has 5 heteroatoms. The maximum absolute atomic E-state index is 9.85. The van der Waals surface area contributed by atoms with E-state index in [0.717, 1.165) is 4.88 Å². The van der Waals surface area contributed by atoms with Gasteiger partial charge in [0.15, 0.2) is 5.82 Å². The van der Waals surface area contributed by atoms with Gasteiger partial charge in [0, 0.05) is 18.3 Å². The maximum atomic E-state index is 9.85. The predicted molar refractivity (Wildman–Crippen MR) is 54.0 cm³/mol. The van der Waals surface area contributed by atoms with E-state index in [1.165, 1.54) is 0 Å². The molecule has 1 unspecified atom stereocenters. The number of thiophene rings is 1. The molecule has 0 aliphatic heterocycles. The van der Waals surface area contributed by atoms with Crippen LogP contribution in [0.1, 0.15) is 16.8 Å². The number of aliphatic hydroxyl groups excluding tert-OH is 1. The fourth-order valence-electron chi connectivity index (χ4n) is 1.30. The molecule has 74 valence electrons.